The molecule has 2 heterocycles. The summed E-state index contributed by atoms with van der Waals surface area (Å²) in [6.45, 7) is 4.70. The van der Waals surface area contributed by atoms with Crippen LogP contribution in [0.25, 0.3) is 49.2 Å². The molecule has 0 radical (unpaired) electrons. The summed E-state index contributed by atoms with van der Waals surface area (Å²) in [5.41, 5.74) is 12.2. The minimum atomic E-state index is -0.0411. The maximum atomic E-state index is 6.45. The highest BCUT2D eigenvalue weighted by Gasteiger charge is 2.38. The van der Waals surface area contributed by atoms with E-state index in [9.17, 15) is 0 Å². The molecule has 0 spiro atoms. The van der Waals surface area contributed by atoms with E-state index < -0.39 is 0 Å². The number of hydrogen-bond acceptors (Lipinski definition) is 3. The summed E-state index contributed by atoms with van der Waals surface area (Å²) in [5.74, 6) is 0.460. The average Bonchev–Trinajstić information content (AvgIpc) is 3.72. The number of rotatable bonds is 3. The molecule has 0 N–H and O–H groups in total. The van der Waals surface area contributed by atoms with Gasteiger partial charge in [0, 0.05) is 60.7 Å². The Labute approximate surface area is 272 Å². The molecule has 220 valence electrons. The highest BCUT2D eigenvalue weighted by atomic mass is 32.1. The van der Waals surface area contributed by atoms with Gasteiger partial charge in [0.05, 0.1) is 0 Å². The van der Waals surface area contributed by atoms with Crippen LogP contribution >= 0.6 is 11.3 Å². The van der Waals surface area contributed by atoms with Crippen LogP contribution in [0.4, 0.5) is 11.4 Å². The zero-order chi connectivity index (χ0) is 30.6. The first-order chi connectivity index (χ1) is 22.6. The third kappa shape index (κ3) is 3.58. The molecule has 3 aliphatic rings. The smallest absolute Gasteiger partial charge is 0.137 e. The van der Waals surface area contributed by atoms with Crippen LogP contribution in [-0.2, 0) is 5.41 Å². The van der Waals surface area contributed by atoms with E-state index >= 15 is 0 Å². The molecule has 0 bridgehead atoms. The Balaban J connectivity index is 1.24. The lowest BCUT2D eigenvalue weighted by Gasteiger charge is -2.38. The molecule has 2 nitrogen and oxygen atoms in total. The van der Waals surface area contributed by atoms with Gasteiger partial charge in [0.1, 0.15) is 11.2 Å². The van der Waals surface area contributed by atoms with Crippen molar-refractivity contribution in [3.05, 3.63) is 161 Å². The Bertz CT molecular complexity index is 2480. The fraction of sp³-hybridized carbons (Fsp3) is 0.116. The van der Waals surface area contributed by atoms with E-state index in [0.29, 0.717) is 0 Å². The minimum absolute atomic E-state index is 0.0411. The van der Waals surface area contributed by atoms with Gasteiger partial charge < -0.3 is 9.32 Å². The molecule has 0 saturated carbocycles. The Morgan fingerprint density at radius 2 is 1.33 bits per heavy atom. The van der Waals surface area contributed by atoms with Crippen molar-refractivity contribution in [1.29, 1.82) is 0 Å². The number of thiophene rings is 1. The Morgan fingerprint density at radius 3 is 2.24 bits per heavy atom. The van der Waals surface area contributed by atoms with Crippen molar-refractivity contribution in [2.24, 2.45) is 5.92 Å². The average molecular weight is 610 g/mol. The van der Waals surface area contributed by atoms with E-state index in [4.69, 9.17) is 4.42 Å². The molecule has 5 aromatic carbocycles. The van der Waals surface area contributed by atoms with Crippen molar-refractivity contribution in [3.63, 3.8) is 0 Å². The van der Waals surface area contributed by atoms with Gasteiger partial charge in [-0.3, -0.25) is 0 Å². The summed E-state index contributed by atoms with van der Waals surface area (Å²) in [6, 6.07) is 40.0. The van der Waals surface area contributed by atoms with Crippen LogP contribution in [0.1, 0.15) is 41.3 Å². The fourth-order valence-corrected chi connectivity index (χ4v) is 9.50. The Hall–Kier alpha value is -5.12. The quantitative estimate of drug-likeness (QED) is 0.198. The first-order valence-corrected chi connectivity index (χ1v) is 16.9. The van der Waals surface area contributed by atoms with Gasteiger partial charge in [-0.05, 0) is 75.7 Å². The van der Waals surface area contributed by atoms with Crippen molar-refractivity contribution in [2.45, 2.75) is 25.2 Å². The number of benzene rings is 5. The summed E-state index contributed by atoms with van der Waals surface area (Å²) in [7, 11) is 0. The molecule has 10 rings (SSSR count). The zero-order valence-corrected chi connectivity index (χ0v) is 26.5. The van der Waals surface area contributed by atoms with Crippen molar-refractivity contribution in [1.82, 2.24) is 0 Å². The first-order valence-electron chi connectivity index (χ1n) is 16.1. The summed E-state index contributed by atoms with van der Waals surface area (Å²) < 4.78 is 7.79. The topological polar surface area (TPSA) is 16.4 Å². The second kappa shape index (κ2) is 9.45. The molecule has 0 fully saturated rings. The summed E-state index contributed by atoms with van der Waals surface area (Å²) in [5, 5.41) is 3.67. The molecule has 2 unspecified atom stereocenters. The SMILES string of the molecule is CC1(C)c2ccccc2-c2cc(N(C3=Cc4sc5ccccc5c4C4C=CC=CC34)c3ccc4c(c3)oc3ccccc34)ccc21. The lowest BCUT2D eigenvalue weighted by molar-refractivity contribution is 0.648. The van der Waals surface area contributed by atoms with Crippen LogP contribution in [0.2, 0.25) is 0 Å². The molecular weight excluding hydrogens is 579 g/mol. The maximum absolute atomic E-state index is 6.45. The third-order valence-electron chi connectivity index (χ3n) is 10.5. The van der Waals surface area contributed by atoms with Gasteiger partial charge >= 0.3 is 0 Å². The highest BCUT2D eigenvalue weighted by molar-refractivity contribution is 7.20. The van der Waals surface area contributed by atoms with Crippen LogP contribution in [0, 0.1) is 5.92 Å². The lowest BCUT2D eigenvalue weighted by atomic mass is 9.76. The molecule has 7 aromatic rings. The lowest BCUT2D eigenvalue weighted by Crippen LogP contribution is -2.28. The van der Waals surface area contributed by atoms with E-state index in [0.717, 1.165) is 27.6 Å². The van der Waals surface area contributed by atoms with Gasteiger partial charge in [-0.1, -0.05) is 105 Å². The molecule has 0 amide bonds. The van der Waals surface area contributed by atoms with Crippen LogP contribution in [0.15, 0.2) is 144 Å². The van der Waals surface area contributed by atoms with Crippen molar-refractivity contribution in [3.8, 4) is 11.1 Å². The van der Waals surface area contributed by atoms with Crippen LogP contribution in [0.5, 0.6) is 0 Å². The summed E-state index contributed by atoms with van der Waals surface area (Å²) >= 11 is 1.90. The van der Waals surface area contributed by atoms with E-state index in [1.54, 1.807) is 0 Å². The molecule has 3 heteroatoms. The van der Waals surface area contributed by atoms with E-state index in [1.165, 1.54) is 54.2 Å². The van der Waals surface area contributed by atoms with Gasteiger partial charge in [-0.25, -0.2) is 0 Å². The zero-order valence-electron chi connectivity index (χ0n) is 25.7. The second-order valence-corrected chi connectivity index (χ2v) is 14.4. The molecule has 0 aliphatic heterocycles. The number of furan rings is 1. The van der Waals surface area contributed by atoms with E-state index in [-0.39, 0.29) is 17.3 Å². The van der Waals surface area contributed by atoms with Gasteiger partial charge in [0.2, 0.25) is 0 Å². The highest BCUT2D eigenvalue weighted by Crippen LogP contribution is 2.54. The predicted molar refractivity (Wildman–Crippen MR) is 194 cm³/mol. The molecule has 2 aromatic heterocycles. The summed E-state index contributed by atoms with van der Waals surface area (Å²) in [4.78, 5) is 3.84. The van der Waals surface area contributed by atoms with E-state index in [1.807, 2.05) is 17.4 Å². The number of para-hydroxylation sites is 1. The van der Waals surface area contributed by atoms with Gasteiger partial charge in [-0.2, -0.15) is 0 Å². The van der Waals surface area contributed by atoms with E-state index in [2.05, 4.69) is 152 Å². The number of hydrogen-bond donors (Lipinski definition) is 0. The second-order valence-electron chi connectivity index (χ2n) is 13.3. The molecule has 3 aliphatic carbocycles. The predicted octanol–water partition coefficient (Wildman–Crippen LogP) is 12.1. The van der Waals surface area contributed by atoms with Gasteiger partial charge in [-0.15, -0.1) is 11.3 Å². The van der Waals surface area contributed by atoms with Crippen molar-refractivity contribution < 1.29 is 4.42 Å². The van der Waals surface area contributed by atoms with Crippen LogP contribution in [0.3, 0.4) is 0 Å². The molecule has 0 saturated heterocycles. The number of fused-ring (bicyclic) bond motifs is 11. The number of allylic oxidation sites excluding steroid dienone is 4. The largest absolute Gasteiger partial charge is 0.456 e. The summed E-state index contributed by atoms with van der Waals surface area (Å²) in [6.07, 6.45) is 11.7. The standard InChI is InChI=1S/C43H31NOS/c1-43(2)35-16-8-5-11-28(35)34-23-26(20-22-36(34)43)44(27-19-21-31-30-13-6-9-17-38(30)45-39(31)24-27)37-25-41-42(32-14-4-3-12-29(32)37)33-15-7-10-18-40(33)46-41/h3-25,29,32H,1-2H3. The monoisotopic (exact) mass is 609 g/mol. The van der Waals surface area contributed by atoms with Gasteiger partial charge in [0.15, 0.2) is 0 Å². The maximum Gasteiger partial charge on any atom is 0.137 e. The molecular formula is C43H31NOS. The fourth-order valence-electron chi connectivity index (χ4n) is 8.29. The normalized spacial score (nSPS) is 18.8. The first kappa shape index (κ1) is 26.1. The molecule has 2 atom stereocenters. The van der Waals surface area contributed by atoms with Crippen molar-refractivity contribution >= 4 is 60.8 Å². The van der Waals surface area contributed by atoms with Crippen LogP contribution < -0.4 is 4.90 Å². The third-order valence-corrected chi connectivity index (χ3v) is 11.6. The van der Waals surface area contributed by atoms with Crippen molar-refractivity contribution in [2.75, 3.05) is 4.90 Å². The van der Waals surface area contributed by atoms with Gasteiger partial charge in [0.25, 0.3) is 0 Å². The number of nitrogens with zero attached hydrogens (tertiary/aromatic N) is 1. The Kier molecular flexibility index (Phi) is 5.37. The Morgan fingerprint density at radius 1 is 0.630 bits per heavy atom. The van der Waals surface area contributed by atoms with Crippen LogP contribution in [-0.4, -0.2) is 0 Å². The number of anilines is 2. The molecule has 46 heavy (non-hydrogen) atoms. The minimum Gasteiger partial charge on any atom is -0.456 e.